The Morgan fingerprint density at radius 2 is 1.65 bits per heavy atom. The highest BCUT2D eigenvalue weighted by atomic mass is 35.5. The van der Waals surface area contributed by atoms with Crippen LogP contribution < -0.4 is 0 Å². The van der Waals surface area contributed by atoms with Crippen LogP contribution >= 0.6 is 11.6 Å². The molecule has 5 rings (SSSR count). The summed E-state index contributed by atoms with van der Waals surface area (Å²) in [6.45, 7) is 2.34. The average Bonchev–Trinajstić information content (AvgIpc) is 3.57. The second kappa shape index (κ2) is 9.48. The lowest BCUT2D eigenvalue weighted by molar-refractivity contribution is -0.135. The molecule has 10 heteroatoms. The van der Waals surface area contributed by atoms with Gasteiger partial charge >= 0.3 is 0 Å². The Labute approximate surface area is 203 Å². The van der Waals surface area contributed by atoms with Crippen molar-refractivity contribution in [2.45, 2.75) is 30.6 Å². The molecule has 0 aliphatic carbocycles. The molecular weight excluding hydrogens is 476 g/mol. The molecule has 2 fully saturated rings. The highest BCUT2D eigenvalue weighted by molar-refractivity contribution is 7.89. The highest BCUT2D eigenvalue weighted by Gasteiger charge is 2.34. The number of benzene rings is 2. The first-order chi connectivity index (χ1) is 16.4. The molecule has 0 unspecified atom stereocenters. The number of halogens is 1. The van der Waals surface area contributed by atoms with Gasteiger partial charge in [0, 0.05) is 37.7 Å². The van der Waals surface area contributed by atoms with Crippen molar-refractivity contribution in [3.63, 3.8) is 0 Å². The van der Waals surface area contributed by atoms with Crippen molar-refractivity contribution in [3.05, 3.63) is 53.6 Å². The molecule has 1 amide bonds. The molecule has 2 saturated heterocycles. The molecule has 178 valence electrons. The number of amides is 1. The summed E-state index contributed by atoms with van der Waals surface area (Å²) >= 11 is 6.20. The fraction of sp³-hybridized carbons (Fsp3) is 0.375. The summed E-state index contributed by atoms with van der Waals surface area (Å²) in [7, 11) is -3.65. The minimum Gasteiger partial charge on any atom is -0.342 e. The van der Waals surface area contributed by atoms with Gasteiger partial charge in [-0.1, -0.05) is 28.9 Å². The van der Waals surface area contributed by atoms with E-state index in [0.29, 0.717) is 53.8 Å². The largest absolute Gasteiger partial charge is 0.342 e. The maximum absolute atomic E-state index is 13.2. The van der Waals surface area contributed by atoms with Crippen molar-refractivity contribution in [1.29, 1.82) is 0 Å². The van der Waals surface area contributed by atoms with Crippen LogP contribution in [-0.2, 0) is 14.8 Å². The summed E-state index contributed by atoms with van der Waals surface area (Å²) in [6, 6.07) is 13.6. The van der Waals surface area contributed by atoms with Crippen LogP contribution in [-0.4, -0.2) is 59.8 Å². The van der Waals surface area contributed by atoms with Gasteiger partial charge in [-0.05, 0) is 62.1 Å². The molecule has 0 atom stereocenters. The molecule has 3 heterocycles. The van der Waals surface area contributed by atoms with Gasteiger partial charge in [0.25, 0.3) is 5.89 Å². The van der Waals surface area contributed by atoms with Gasteiger partial charge in [0.05, 0.1) is 15.5 Å². The van der Waals surface area contributed by atoms with Crippen LogP contribution in [0.15, 0.2) is 57.9 Å². The fourth-order valence-corrected chi connectivity index (χ4v) is 6.23. The van der Waals surface area contributed by atoms with Crippen LogP contribution in [0.25, 0.3) is 22.8 Å². The number of hydrogen-bond acceptors (Lipinski definition) is 6. The van der Waals surface area contributed by atoms with Crippen LogP contribution in [0.5, 0.6) is 0 Å². The SMILES string of the molecule is O=C(C1CCN(S(=O)(=O)c2ccc(-c3noc(-c4ccccc4Cl)n3)cc2)CC1)N1CCCC1. The minimum atomic E-state index is -3.65. The van der Waals surface area contributed by atoms with Crippen LogP contribution in [0.4, 0.5) is 0 Å². The average molecular weight is 501 g/mol. The number of piperidine rings is 1. The van der Waals surface area contributed by atoms with Crippen molar-refractivity contribution < 1.29 is 17.7 Å². The predicted molar refractivity (Wildman–Crippen MR) is 127 cm³/mol. The van der Waals surface area contributed by atoms with E-state index in [1.165, 1.54) is 4.31 Å². The summed E-state index contributed by atoms with van der Waals surface area (Å²) < 4.78 is 33.1. The van der Waals surface area contributed by atoms with Gasteiger partial charge in [-0.3, -0.25) is 4.79 Å². The Morgan fingerprint density at radius 1 is 0.971 bits per heavy atom. The lowest BCUT2D eigenvalue weighted by Gasteiger charge is -2.32. The molecule has 8 nitrogen and oxygen atoms in total. The Bertz CT molecular complexity index is 1280. The second-order valence-electron chi connectivity index (χ2n) is 8.64. The smallest absolute Gasteiger partial charge is 0.259 e. The molecule has 2 aliphatic rings. The van der Waals surface area contributed by atoms with E-state index in [1.807, 2.05) is 17.0 Å². The van der Waals surface area contributed by atoms with Gasteiger partial charge in [0.15, 0.2) is 0 Å². The summed E-state index contributed by atoms with van der Waals surface area (Å²) in [5.74, 6) is 0.733. The highest BCUT2D eigenvalue weighted by Crippen LogP contribution is 2.30. The fourth-order valence-electron chi connectivity index (χ4n) is 4.55. The Kier molecular flexibility index (Phi) is 6.42. The van der Waals surface area contributed by atoms with Crippen molar-refractivity contribution in [1.82, 2.24) is 19.3 Å². The van der Waals surface area contributed by atoms with Gasteiger partial charge in [-0.25, -0.2) is 8.42 Å². The first-order valence-electron chi connectivity index (χ1n) is 11.4. The maximum atomic E-state index is 13.2. The van der Waals surface area contributed by atoms with Crippen LogP contribution in [0.3, 0.4) is 0 Å². The van der Waals surface area contributed by atoms with Crippen molar-refractivity contribution >= 4 is 27.5 Å². The van der Waals surface area contributed by atoms with Gasteiger partial charge in [0.1, 0.15) is 0 Å². The van der Waals surface area contributed by atoms with E-state index in [0.717, 1.165) is 25.9 Å². The molecule has 0 radical (unpaired) electrons. The van der Waals surface area contributed by atoms with Crippen LogP contribution in [0.2, 0.25) is 5.02 Å². The van der Waals surface area contributed by atoms with E-state index < -0.39 is 10.0 Å². The third kappa shape index (κ3) is 4.47. The molecule has 1 aromatic heterocycles. The number of likely N-dealkylation sites (tertiary alicyclic amines) is 1. The minimum absolute atomic E-state index is 0.0857. The molecule has 2 aromatic carbocycles. The van der Waals surface area contributed by atoms with E-state index in [2.05, 4.69) is 10.1 Å². The first kappa shape index (κ1) is 23.0. The van der Waals surface area contributed by atoms with E-state index in [4.69, 9.17) is 16.1 Å². The summed E-state index contributed by atoms with van der Waals surface area (Å²) in [4.78, 5) is 19.2. The number of sulfonamides is 1. The lowest BCUT2D eigenvalue weighted by Crippen LogP contribution is -2.43. The number of aromatic nitrogens is 2. The lowest BCUT2D eigenvalue weighted by atomic mass is 9.97. The molecule has 34 heavy (non-hydrogen) atoms. The number of hydrogen-bond donors (Lipinski definition) is 0. The zero-order valence-corrected chi connectivity index (χ0v) is 20.1. The zero-order chi connectivity index (χ0) is 23.7. The van der Waals surface area contributed by atoms with Gasteiger partial charge < -0.3 is 9.42 Å². The summed E-state index contributed by atoms with van der Waals surface area (Å²) in [5, 5.41) is 4.51. The Balaban J connectivity index is 1.26. The van der Waals surface area contributed by atoms with Crippen molar-refractivity contribution in [3.8, 4) is 22.8 Å². The third-order valence-electron chi connectivity index (χ3n) is 6.50. The van der Waals surface area contributed by atoms with Gasteiger partial charge in [0.2, 0.25) is 21.8 Å². The standard InChI is InChI=1S/C24H25ClN4O4S/c25-21-6-2-1-5-20(21)23-26-22(27-33-23)17-7-9-19(10-8-17)34(31,32)29-15-11-18(12-16-29)24(30)28-13-3-4-14-28/h1-2,5-10,18H,3-4,11-16H2. The molecule has 0 saturated carbocycles. The molecule has 2 aliphatic heterocycles. The van der Waals surface area contributed by atoms with E-state index in [-0.39, 0.29) is 16.7 Å². The summed E-state index contributed by atoms with van der Waals surface area (Å²) in [6.07, 6.45) is 3.22. The quantitative estimate of drug-likeness (QED) is 0.523. The number of carbonyl (C=O) groups is 1. The predicted octanol–water partition coefficient (Wildman–Crippen LogP) is 4.08. The third-order valence-corrected chi connectivity index (χ3v) is 8.74. The zero-order valence-electron chi connectivity index (χ0n) is 18.6. The van der Waals surface area contributed by atoms with E-state index >= 15 is 0 Å². The number of nitrogens with zero attached hydrogens (tertiary/aromatic N) is 4. The Morgan fingerprint density at radius 3 is 2.32 bits per heavy atom. The molecule has 3 aromatic rings. The second-order valence-corrected chi connectivity index (χ2v) is 11.0. The molecule has 0 bridgehead atoms. The van der Waals surface area contributed by atoms with Crippen molar-refractivity contribution in [2.24, 2.45) is 5.92 Å². The summed E-state index contributed by atoms with van der Waals surface area (Å²) in [5.41, 5.74) is 1.27. The monoisotopic (exact) mass is 500 g/mol. The normalized spacial score (nSPS) is 17.9. The van der Waals surface area contributed by atoms with Gasteiger partial charge in [-0.2, -0.15) is 9.29 Å². The van der Waals surface area contributed by atoms with Crippen molar-refractivity contribution in [2.75, 3.05) is 26.2 Å². The topological polar surface area (TPSA) is 96.6 Å². The Hall–Kier alpha value is -2.75. The van der Waals surface area contributed by atoms with Crippen LogP contribution in [0.1, 0.15) is 25.7 Å². The van der Waals surface area contributed by atoms with E-state index in [1.54, 1.807) is 36.4 Å². The molecule has 0 N–H and O–H groups in total. The maximum Gasteiger partial charge on any atom is 0.259 e. The number of carbonyl (C=O) groups excluding carboxylic acids is 1. The van der Waals surface area contributed by atoms with Crippen LogP contribution in [0, 0.1) is 5.92 Å². The molecule has 0 spiro atoms. The number of rotatable bonds is 5. The van der Waals surface area contributed by atoms with Gasteiger partial charge in [-0.15, -0.1) is 0 Å². The van der Waals surface area contributed by atoms with E-state index in [9.17, 15) is 13.2 Å². The molecular formula is C24H25ClN4O4S. The first-order valence-corrected chi connectivity index (χ1v) is 13.2.